The van der Waals surface area contributed by atoms with Crippen molar-refractivity contribution >= 4 is 27.7 Å². The Bertz CT molecular complexity index is 542. The topological polar surface area (TPSA) is 26.0 Å². The van der Waals surface area contributed by atoms with Crippen LogP contribution in [0.4, 0.5) is 0 Å². The molecule has 0 fully saturated rings. The number of benzene rings is 2. The van der Waals surface area contributed by atoms with E-state index in [2.05, 4.69) is 72.2 Å². The van der Waals surface area contributed by atoms with Crippen molar-refractivity contribution in [3.63, 3.8) is 0 Å². The van der Waals surface area contributed by atoms with Gasteiger partial charge in [0.05, 0.1) is 0 Å². The average molecular weight is 350 g/mol. The molecule has 2 unspecified atom stereocenters. The van der Waals surface area contributed by atoms with E-state index in [1.165, 1.54) is 10.5 Å². The van der Waals surface area contributed by atoms with Crippen molar-refractivity contribution in [1.82, 2.24) is 0 Å². The molecule has 0 aromatic heterocycles. The fourth-order valence-corrected chi connectivity index (χ4v) is 3.98. The van der Waals surface area contributed by atoms with Gasteiger partial charge in [-0.15, -0.1) is 11.8 Å². The van der Waals surface area contributed by atoms with Crippen LogP contribution in [-0.2, 0) is 0 Å². The molecule has 0 saturated heterocycles. The van der Waals surface area contributed by atoms with E-state index < -0.39 is 0 Å². The van der Waals surface area contributed by atoms with Gasteiger partial charge in [-0.05, 0) is 29.7 Å². The van der Waals surface area contributed by atoms with E-state index in [4.69, 9.17) is 5.73 Å². The summed E-state index contributed by atoms with van der Waals surface area (Å²) < 4.78 is 1.11. The van der Waals surface area contributed by atoms with Gasteiger partial charge in [-0.2, -0.15) is 0 Å². The molecule has 0 radical (unpaired) electrons. The van der Waals surface area contributed by atoms with Crippen LogP contribution >= 0.6 is 27.7 Å². The molecule has 1 nitrogen and oxygen atoms in total. The molecule has 2 N–H and O–H groups in total. The zero-order valence-corrected chi connectivity index (χ0v) is 14.2. The predicted octanol–water partition coefficient (Wildman–Crippen LogP) is 5.27. The van der Waals surface area contributed by atoms with Crippen molar-refractivity contribution in [2.24, 2.45) is 11.7 Å². The van der Waals surface area contributed by atoms with Crippen LogP contribution in [0.3, 0.4) is 0 Å². The third kappa shape index (κ3) is 4.11. The lowest BCUT2D eigenvalue weighted by molar-refractivity contribution is 0.527. The van der Waals surface area contributed by atoms with E-state index in [9.17, 15) is 0 Å². The largest absolute Gasteiger partial charge is 0.323 e. The summed E-state index contributed by atoms with van der Waals surface area (Å²) in [6.45, 7) is 4.47. The van der Waals surface area contributed by atoms with Crippen molar-refractivity contribution in [3.8, 4) is 0 Å². The second kappa shape index (κ2) is 7.30. The quantitative estimate of drug-likeness (QED) is 0.744. The van der Waals surface area contributed by atoms with E-state index in [1.807, 2.05) is 23.9 Å². The van der Waals surface area contributed by atoms with E-state index in [1.54, 1.807) is 0 Å². The predicted molar refractivity (Wildman–Crippen MR) is 92.0 cm³/mol. The summed E-state index contributed by atoms with van der Waals surface area (Å²) in [6, 6.07) is 18.8. The summed E-state index contributed by atoms with van der Waals surface area (Å²) in [7, 11) is 0. The summed E-state index contributed by atoms with van der Waals surface area (Å²) in [5.74, 6) is 0.509. The maximum atomic E-state index is 6.49. The van der Waals surface area contributed by atoms with Gasteiger partial charge < -0.3 is 5.73 Å². The van der Waals surface area contributed by atoms with Crippen LogP contribution in [0.1, 0.15) is 25.5 Å². The van der Waals surface area contributed by atoms with Crippen LogP contribution in [0.15, 0.2) is 64.0 Å². The van der Waals surface area contributed by atoms with Crippen LogP contribution in [0.25, 0.3) is 0 Å². The number of halogens is 1. The zero-order valence-electron chi connectivity index (χ0n) is 11.8. The lowest BCUT2D eigenvalue weighted by Crippen LogP contribution is -2.28. The minimum atomic E-state index is 0.0418. The molecule has 2 atom stereocenters. The molecule has 0 aliphatic carbocycles. The Balaban J connectivity index is 2.19. The molecule has 0 saturated carbocycles. The fourth-order valence-electron chi connectivity index (χ4n) is 2.19. The summed E-state index contributed by atoms with van der Waals surface area (Å²) in [5.41, 5.74) is 7.70. The molecule has 0 heterocycles. The molecule has 20 heavy (non-hydrogen) atoms. The molecular formula is C17H20BrNS. The average Bonchev–Trinajstić information content (AvgIpc) is 2.45. The Morgan fingerprint density at radius 3 is 2.30 bits per heavy atom. The van der Waals surface area contributed by atoms with Crippen molar-refractivity contribution in [2.75, 3.05) is 0 Å². The summed E-state index contributed by atoms with van der Waals surface area (Å²) in [4.78, 5) is 1.25. The van der Waals surface area contributed by atoms with E-state index in [0.717, 1.165) is 4.47 Å². The normalized spacial score (nSPS) is 14.2. The van der Waals surface area contributed by atoms with Crippen LogP contribution in [0.2, 0.25) is 0 Å². The zero-order chi connectivity index (χ0) is 14.5. The van der Waals surface area contributed by atoms with Crippen molar-refractivity contribution in [3.05, 3.63) is 64.6 Å². The summed E-state index contributed by atoms with van der Waals surface area (Å²) in [5, 5.41) is 0.353. The lowest BCUT2D eigenvalue weighted by Gasteiger charge is -2.27. The van der Waals surface area contributed by atoms with Gasteiger partial charge in [0.2, 0.25) is 0 Å². The SMILES string of the molecule is CC(C)C(Sc1cccc(Br)c1)C(N)c1ccccc1. The van der Waals surface area contributed by atoms with Crippen molar-refractivity contribution in [2.45, 2.75) is 30.0 Å². The number of hydrogen-bond acceptors (Lipinski definition) is 2. The molecule has 3 heteroatoms. The molecule has 0 spiro atoms. The molecule has 0 amide bonds. The van der Waals surface area contributed by atoms with Gasteiger partial charge in [0.15, 0.2) is 0 Å². The summed E-state index contributed by atoms with van der Waals surface area (Å²) in [6.07, 6.45) is 0. The summed E-state index contributed by atoms with van der Waals surface area (Å²) >= 11 is 5.39. The second-order valence-corrected chi connectivity index (χ2v) is 7.39. The van der Waals surface area contributed by atoms with Gasteiger partial charge in [0.1, 0.15) is 0 Å². The molecule has 2 aromatic carbocycles. The molecule has 0 aliphatic rings. The van der Waals surface area contributed by atoms with Gasteiger partial charge >= 0.3 is 0 Å². The van der Waals surface area contributed by atoms with Gasteiger partial charge in [-0.25, -0.2) is 0 Å². The molecule has 0 aliphatic heterocycles. The van der Waals surface area contributed by atoms with Crippen molar-refractivity contribution in [1.29, 1.82) is 0 Å². The highest BCUT2D eigenvalue weighted by Crippen LogP contribution is 2.36. The maximum Gasteiger partial charge on any atom is 0.0421 e. The lowest BCUT2D eigenvalue weighted by atomic mass is 9.97. The van der Waals surface area contributed by atoms with Gasteiger partial charge in [-0.1, -0.05) is 66.2 Å². The molecule has 106 valence electrons. The highest BCUT2D eigenvalue weighted by Gasteiger charge is 2.23. The van der Waals surface area contributed by atoms with Crippen LogP contribution in [-0.4, -0.2) is 5.25 Å². The first-order valence-corrected chi connectivity index (χ1v) is 8.48. The molecule has 2 aromatic rings. The van der Waals surface area contributed by atoms with Crippen LogP contribution in [0.5, 0.6) is 0 Å². The Labute approximate surface area is 134 Å². The molecule has 2 rings (SSSR count). The Morgan fingerprint density at radius 2 is 1.70 bits per heavy atom. The first-order valence-electron chi connectivity index (χ1n) is 6.80. The number of rotatable bonds is 5. The van der Waals surface area contributed by atoms with Gasteiger partial charge in [0, 0.05) is 20.7 Å². The number of nitrogens with two attached hydrogens (primary N) is 1. The standard InChI is InChI=1S/C17H20BrNS/c1-12(2)17(16(19)13-7-4-3-5-8-13)20-15-10-6-9-14(18)11-15/h3-12,16-17H,19H2,1-2H3. The third-order valence-electron chi connectivity index (χ3n) is 3.26. The van der Waals surface area contributed by atoms with Crippen molar-refractivity contribution < 1.29 is 0 Å². The van der Waals surface area contributed by atoms with Crippen LogP contribution < -0.4 is 5.73 Å². The van der Waals surface area contributed by atoms with Gasteiger partial charge in [0.25, 0.3) is 0 Å². The fraction of sp³-hybridized carbons (Fsp3) is 0.294. The number of thioether (sulfide) groups is 1. The molecule has 0 bridgehead atoms. The van der Waals surface area contributed by atoms with E-state index >= 15 is 0 Å². The third-order valence-corrected chi connectivity index (χ3v) is 5.39. The maximum absolute atomic E-state index is 6.49. The van der Waals surface area contributed by atoms with Gasteiger partial charge in [-0.3, -0.25) is 0 Å². The second-order valence-electron chi connectivity index (χ2n) is 5.22. The Hall–Kier alpha value is -0.770. The first kappa shape index (κ1) is 15.6. The highest BCUT2D eigenvalue weighted by molar-refractivity contribution is 9.10. The minimum absolute atomic E-state index is 0.0418. The van der Waals surface area contributed by atoms with E-state index in [0.29, 0.717) is 11.2 Å². The van der Waals surface area contributed by atoms with Crippen LogP contribution in [0, 0.1) is 5.92 Å². The minimum Gasteiger partial charge on any atom is -0.323 e. The Kier molecular flexibility index (Phi) is 5.70. The monoisotopic (exact) mass is 349 g/mol. The first-order chi connectivity index (χ1) is 9.58. The van der Waals surface area contributed by atoms with E-state index in [-0.39, 0.29) is 6.04 Å². The highest BCUT2D eigenvalue weighted by atomic mass is 79.9. The number of hydrogen-bond donors (Lipinski definition) is 1. The smallest absolute Gasteiger partial charge is 0.0421 e. The molecular weight excluding hydrogens is 330 g/mol. The Morgan fingerprint density at radius 1 is 1.00 bits per heavy atom.